The van der Waals surface area contributed by atoms with Crippen molar-refractivity contribution in [1.29, 1.82) is 0 Å². The van der Waals surface area contributed by atoms with Crippen LogP contribution in [0.2, 0.25) is 0 Å². The molecule has 4 nitrogen and oxygen atoms in total. The number of benzene rings is 1. The van der Waals surface area contributed by atoms with Crippen LogP contribution >= 0.6 is 0 Å². The smallest absolute Gasteiger partial charge is 0.228 e. The van der Waals surface area contributed by atoms with Crippen molar-refractivity contribution in [1.82, 2.24) is 0 Å². The van der Waals surface area contributed by atoms with E-state index in [0.717, 1.165) is 18.2 Å². The van der Waals surface area contributed by atoms with E-state index in [4.69, 9.17) is 0 Å². The molecule has 0 spiro atoms. The molecule has 0 aliphatic heterocycles. The molecule has 0 saturated heterocycles. The molecule has 90 valence electrons. The summed E-state index contributed by atoms with van der Waals surface area (Å²) < 4.78 is 26.0. The Hall–Kier alpha value is -1.98. The van der Waals surface area contributed by atoms with E-state index in [1.807, 2.05) is 0 Å². The maximum absolute atomic E-state index is 13.2. The number of hydrogen-bond donors (Lipinski definition) is 1. The van der Waals surface area contributed by atoms with Crippen LogP contribution in [0.4, 0.5) is 14.5 Å². The van der Waals surface area contributed by atoms with Gasteiger partial charge in [-0.05, 0) is 18.6 Å². The molecule has 0 heterocycles. The summed E-state index contributed by atoms with van der Waals surface area (Å²) in [6.07, 6.45) is 0.172. The maximum atomic E-state index is 13.2. The molecule has 0 bridgehead atoms. The summed E-state index contributed by atoms with van der Waals surface area (Å²) in [4.78, 5) is 21.9. The molecular weight excluding hydrogens is 232 g/mol. The van der Waals surface area contributed by atoms with Gasteiger partial charge in [0.05, 0.1) is 5.69 Å². The summed E-state index contributed by atoms with van der Waals surface area (Å²) in [5.41, 5.74) is -0.293. The molecule has 6 heteroatoms. The van der Waals surface area contributed by atoms with Crippen molar-refractivity contribution in [2.45, 2.75) is 6.42 Å². The van der Waals surface area contributed by atoms with Crippen LogP contribution in [0.3, 0.4) is 0 Å². The summed E-state index contributed by atoms with van der Waals surface area (Å²) in [5.74, 6) is -4.94. The Morgan fingerprint density at radius 1 is 1.29 bits per heavy atom. The van der Waals surface area contributed by atoms with Crippen LogP contribution in [0.25, 0.3) is 0 Å². The quantitative estimate of drug-likeness (QED) is 0.825. The summed E-state index contributed by atoms with van der Waals surface area (Å²) in [6.45, 7) is 0. The number of halogens is 2. The Bertz CT molecular complexity index is 490. The highest BCUT2D eigenvalue weighted by Gasteiger charge is 2.44. The number of carbonyl (C=O) groups excluding carboxylic acids is 2. The number of rotatable bonds is 3. The Labute approximate surface area is 95.2 Å². The number of carbonyl (C=O) groups is 2. The van der Waals surface area contributed by atoms with Gasteiger partial charge >= 0.3 is 0 Å². The molecule has 1 aliphatic rings. The molecule has 0 aromatic heterocycles. The topological polar surface area (TPSA) is 69.2 Å². The van der Waals surface area contributed by atoms with Crippen LogP contribution in [-0.4, -0.2) is 11.9 Å². The van der Waals surface area contributed by atoms with Gasteiger partial charge in [0.25, 0.3) is 0 Å². The highest BCUT2D eigenvalue weighted by atomic mass is 19.1. The fourth-order valence-electron chi connectivity index (χ4n) is 1.56. The number of hydrogen-bond acceptors (Lipinski definition) is 3. The van der Waals surface area contributed by atoms with Crippen molar-refractivity contribution >= 4 is 17.6 Å². The van der Waals surface area contributed by atoms with Gasteiger partial charge in [-0.25, -0.2) is 8.78 Å². The van der Waals surface area contributed by atoms with Crippen molar-refractivity contribution in [3.63, 3.8) is 0 Å². The second-order valence-corrected chi connectivity index (χ2v) is 3.88. The average molecular weight is 240 g/mol. The first-order valence-electron chi connectivity index (χ1n) is 4.96. The minimum absolute atomic E-state index is 0.172. The molecule has 2 rings (SSSR count). The van der Waals surface area contributed by atoms with Crippen molar-refractivity contribution < 1.29 is 23.5 Å². The van der Waals surface area contributed by atoms with Crippen molar-refractivity contribution in [2.24, 2.45) is 11.8 Å². The van der Waals surface area contributed by atoms with Gasteiger partial charge in [-0.2, -0.15) is 0 Å². The first-order valence-corrected chi connectivity index (χ1v) is 4.96. The molecule has 1 saturated carbocycles. The van der Waals surface area contributed by atoms with Gasteiger partial charge in [0.2, 0.25) is 5.91 Å². The Kier molecular flexibility index (Phi) is 2.79. The largest absolute Gasteiger partial charge is 0.550 e. The average Bonchev–Trinajstić information content (AvgIpc) is 3.03. The third-order valence-corrected chi connectivity index (χ3v) is 2.62. The van der Waals surface area contributed by atoms with Gasteiger partial charge in [0.1, 0.15) is 11.6 Å². The van der Waals surface area contributed by atoms with Crippen LogP contribution in [0.15, 0.2) is 18.2 Å². The molecule has 0 unspecified atom stereocenters. The van der Waals surface area contributed by atoms with E-state index >= 15 is 0 Å². The fourth-order valence-corrected chi connectivity index (χ4v) is 1.56. The third kappa shape index (κ3) is 2.41. The van der Waals surface area contributed by atoms with Crippen LogP contribution in [0.1, 0.15) is 6.42 Å². The zero-order valence-corrected chi connectivity index (χ0v) is 8.57. The molecule has 1 aromatic rings. The van der Waals surface area contributed by atoms with Crippen molar-refractivity contribution in [3.05, 3.63) is 29.8 Å². The predicted molar refractivity (Wildman–Crippen MR) is 51.6 cm³/mol. The van der Waals surface area contributed by atoms with Gasteiger partial charge < -0.3 is 15.2 Å². The summed E-state index contributed by atoms with van der Waals surface area (Å²) >= 11 is 0. The summed E-state index contributed by atoms with van der Waals surface area (Å²) in [6, 6.07) is 2.64. The molecule has 2 atom stereocenters. The van der Waals surface area contributed by atoms with Crippen LogP contribution in [-0.2, 0) is 9.59 Å². The van der Waals surface area contributed by atoms with Crippen LogP contribution in [0, 0.1) is 23.5 Å². The predicted octanol–water partition coefficient (Wildman–Crippen LogP) is 0.289. The van der Waals surface area contributed by atoms with Gasteiger partial charge in [0.15, 0.2) is 0 Å². The SMILES string of the molecule is O=C([O-])[C@@H]1C[C@H]1C(=O)Nc1cc(F)ccc1F. The van der Waals surface area contributed by atoms with E-state index in [1.54, 1.807) is 0 Å². The number of aliphatic carboxylic acids is 1. The molecule has 1 fully saturated rings. The molecule has 1 aliphatic carbocycles. The molecule has 1 N–H and O–H groups in total. The highest BCUT2D eigenvalue weighted by molar-refractivity contribution is 5.98. The van der Waals surface area contributed by atoms with Crippen molar-refractivity contribution in [3.8, 4) is 0 Å². The van der Waals surface area contributed by atoms with E-state index < -0.39 is 35.3 Å². The van der Waals surface area contributed by atoms with E-state index in [0.29, 0.717) is 0 Å². The Morgan fingerprint density at radius 2 is 2.00 bits per heavy atom. The Balaban J connectivity index is 2.04. The van der Waals surface area contributed by atoms with Gasteiger partial charge in [-0.15, -0.1) is 0 Å². The first-order chi connectivity index (χ1) is 7.99. The van der Waals surface area contributed by atoms with Crippen LogP contribution < -0.4 is 10.4 Å². The minimum atomic E-state index is -1.30. The second-order valence-electron chi connectivity index (χ2n) is 3.88. The molecular formula is C11H8F2NO3-. The lowest BCUT2D eigenvalue weighted by Crippen LogP contribution is -2.27. The number of carboxylic acid groups (broad SMARTS) is 1. The van der Waals surface area contributed by atoms with Gasteiger partial charge in [-0.3, -0.25) is 4.79 Å². The number of carboxylic acids is 1. The zero-order chi connectivity index (χ0) is 12.6. The number of nitrogens with one attached hydrogen (secondary N) is 1. The summed E-state index contributed by atoms with van der Waals surface area (Å²) in [5, 5.41) is 12.6. The molecule has 0 radical (unpaired) electrons. The van der Waals surface area contributed by atoms with Crippen molar-refractivity contribution in [2.75, 3.05) is 5.32 Å². The number of amides is 1. The van der Waals surface area contributed by atoms with E-state index in [-0.39, 0.29) is 12.1 Å². The molecule has 17 heavy (non-hydrogen) atoms. The lowest BCUT2D eigenvalue weighted by atomic mass is 10.2. The maximum Gasteiger partial charge on any atom is 0.228 e. The second kappa shape index (κ2) is 4.12. The van der Waals surface area contributed by atoms with Gasteiger partial charge in [0, 0.05) is 23.9 Å². The number of anilines is 1. The van der Waals surface area contributed by atoms with Gasteiger partial charge in [-0.1, -0.05) is 0 Å². The lowest BCUT2D eigenvalue weighted by Gasteiger charge is -2.06. The minimum Gasteiger partial charge on any atom is -0.550 e. The Morgan fingerprint density at radius 3 is 2.59 bits per heavy atom. The molecule has 1 aromatic carbocycles. The standard InChI is InChI=1S/C11H9F2NO3/c12-5-1-2-8(13)9(3-5)14-10(15)6-4-7(6)11(16)17/h1-3,6-7H,4H2,(H,14,15)(H,16,17)/p-1/t6-,7-/m1/s1. The van der Waals surface area contributed by atoms with Crippen LogP contribution in [0.5, 0.6) is 0 Å². The van der Waals surface area contributed by atoms with E-state index in [1.165, 1.54) is 0 Å². The lowest BCUT2D eigenvalue weighted by molar-refractivity contribution is -0.308. The highest BCUT2D eigenvalue weighted by Crippen LogP contribution is 2.38. The first kappa shape index (κ1) is 11.5. The fraction of sp³-hybridized carbons (Fsp3) is 0.273. The zero-order valence-electron chi connectivity index (χ0n) is 8.57. The summed E-state index contributed by atoms with van der Waals surface area (Å²) in [7, 11) is 0. The normalized spacial score (nSPS) is 22.0. The monoisotopic (exact) mass is 240 g/mol. The van der Waals surface area contributed by atoms with E-state index in [2.05, 4.69) is 5.32 Å². The molecule has 1 amide bonds. The third-order valence-electron chi connectivity index (χ3n) is 2.62. The van der Waals surface area contributed by atoms with E-state index in [9.17, 15) is 23.5 Å².